The van der Waals surface area contributed by atoms with Gasteiger partial charge in [0.25, 0.3) is 0 Å². The van der Waals surface area contributed by atoms with E-state index in [-0.39, 0.29) is 18.1 Å². The largest absolute Gasteiger partial charge is 0.527 e. The molecule has 12 heteroatoms. The van der Waals surface area contributed by atoms with Crippen LogP contribution >= 0.6 is 0 Å². The number of hydrogen-bond donors (Lipinski definition) is 0. The predicted molar refractivity (Wildman–Crippen MR) is 105 cm³/mol. The van der Waals surface area contributed by atoms with Crippen LogP contribution in [0.5, 0.6) is 5.75 Å². The molecule has 4 nitrogen and oxygen atoms in total. The van der Waals surface area contributed by atoms with Gasteiger partial charge in [-0.15, -0.1) is 13.2 Å². The summed E-state index contributed by atoms with van der Waals surface area (Å²) in [4.78, 5) is 12.3. The Kier molecular flexibility index (Phi) is 7.85. The Bertz CT molecular complexity index is 1080. The van der Waals surface area contributed by atoms with Crippen LogP contribution in [-0.4, -0.2) is 18.9 Å². The molecule has 1 aliphatic rings. The molecule has 2 aromatic rings. The van der Waals surface area contributed by atoms with E-state index in [9.17, 15) is 39.9 Å². The number of carbonyl (C=O) groups is 1. The molecule has 2 unspecified atom stereocenters. The zero-order chi connectivity index (χ0) is 26.0. The van der Waals surface area contributed by atoms with E-state index in [0.29, 0.717) is 18.6 Å². The first kappa shape index (κ1) is 26.6. The van der Waals surface area contributed by atoms with Crippen LogP contribution in [0.2, 0.25) is 0 Å². The molecule has 0 bridgehead atoms. The van der Waals surface area contributed by atoms with Gasteiger partial charge in [-0.25, -0.2) is 22.7 Å². The van der Waals surface area contributed by atoms with Crippen molar-refractivity contribution in [1.82, 2.24) is 0 Å². The highest BCUT2D eigenvalue weighted by Gasteiger charge is 2.49. The first-order chi connectivity index (χ1) is 16.3. The van der Waals surface area contributed by atoms with Crippen LogP contribution in [0, 0.1) is 23.4 Å². The molecule has 0 amide bonds. The van der Waals surface area contributed by atoms with E-state index < -0.39 is 58.9 Å². The summed E-state index contributed by atoms with van der Waals surface area (Å²) in [5.41, 5.74) is -2.52. The number of rotatable bonds is 6. The maximum atomic E-state index is 14.6. The Hall–Kier alpha value is -2.99. The number of esters is 1. The van der Waals surface area contributed by atoms with Gasteiger partial charge in [0.2, 0.25) is 0 Å². The molecule has 1 fully saturated rings. The van der Waals surface area contributed by atoms with Gasteiger partial charge in [-0.1, -0.05) is 18.2 Å². The topological polar surface area (TPSA) is 44.8 Å². The van der Waals surface area contributed by atoms with Crippen LogP contribution in [0.25, 0.3) is 0 Å². The fourth-order valence-electron chi connectivity index (χ4n) is 3.60. The lowest BCUT2D eigenvalue weighted by Gasteiger charge is -2.27. The molecule has 0 saturated carbocycles. The van der Waals surface area contributed by atoms with Gasteiger partial charge in [-0.05, 0) is 37.5 Å². The average molecular weight is 510 g/mol. The van der Waals surface area contributed by atoms with E-state index in [4.69, 9.17) is 4.74 Å². The molecule has 2 aromatic carbocycles. The molecule has 0 aromatic heterocycles. The van der Waals surface area contributed by atoms with E-state index in [1.165, 1.54) is 6.07 Å². The summed E-state index contributed by atoms with van der Waals surface area (Å²) < 4.78 is 119. The van der Waals surface area contributed by atoms with Gasteiger partial charge < -0.3 is 9.47 Å². The molecular weight excluding hydrogens is 492 g/mol. The van der Waals surface area contributed by atoms with Crippen molar-refractivity contribution in [3.8, 4) is 5.75 Å². The normalized spacial score (nSPS) is 19.2. The van der Waals surface area contributed by atoms with Crippen LogP contribution in [0.3, 0.4) is 0 Å². The van der Waals surface area contributed by atoms with Crippen molar-refractivity contribution in [2.45, 2.75) is 38.3 Å². The maximum Gasteiger partial charge on any atom is 0.527 e. The van der Waals surface area contributed by atoms with Crippen LogP contribution in [0.15, 0.2) is 42.5 Å². The average Bonchev–Trinajstić information content (AvgIpc) is 2.71. The molecule has 1 saturated heterocycles. The zero-order valence-electron chi connectivity index (χ0n) is 18.0. The molecule has 2 atom stereocenters. The van der Waals surface area contributed by atoms with Gasteiger partial charge in [0.1, 0.15) is 28.8 Å². The highest BCUT2D eigenvalue weighted by Crippen LogP contribution is 2.40. The van der Waals surface area contributed by atoms with Crippen molar-refractivity contribution < 1.29 is 54.1 Å². The Morgan fingerprint density at radius 3 is 2.17 bits per heavy atom. The summed E-state index contributed by atoms with van der Waals surface area (Å²) in [7, 11) is 0. The van der Waals surface area contributed by atoms with Gasteiger partial charge in [0, 0.05) is 18.1 Å². The molecule has 190 valence electrons. The summed E-state index contributed by atoms with van der Waals surface area (Å²) in [6.07, 6.45) is -6.39. The Morgan fingerprint density at radius 2 is 1.66 bits per heavy atom. The van der Waals surface area contributed by atoms with Crippen molar-refractivity contribution in [2.75, 3.05) is 6.61 Å². The standard InChI is InChI=1S/C23H18F8O4/c1-2-3-12-4-7-19(33-11-12)13-5-6-15(16(24)8-13)21(32)34-14-9-17(25)20(18(26)10-14)22(27,28)35-23(29,30)31/h2-3,5-6,8-10,12,19H,4,7,11H2,1H3/b3-2+. The van der Waals surface area contributed by atoms with E-state index in [0.717, 1.165) is 18.6 Å². The molecule has 0 radical (unpaired) electrons. The third-order valence-electron chi connectivity index (χ3n) is 5.12. The molecule has 0 spiro atoms. The Balaban J connectivity index is 1.74. The van der Waals surface area contributed by atoms with E-state index in [2.05, 4.69) is 9.47 Å². The van der Waals surface area contributed by atoms with E-state index in [1.54, 1.807) is 0 Å². The number of hydrogen-bond acceptors (Lipinski definition) is 4. The number of allylic oxidation sites excluding steroid dienone is 1. The molecule has 0 aliphatic carbocycles. The second-order valence-electron chi connectivity index (χ2n) is 7.64. The quantitative estimate of drug-likeness (QED) is 0.183. The predicted octanol–water partition coefficient (Wildman–Crippen LogP) is 6.95. The maximum absolute atomic E-state index is 14.6. The number of ether oxygens (including phenoxy) is 3. The fraction of sp³-hybridized carbons (Fsp3) is 0.348. The minimum absolute atomic E-state index is 0.0489. The Morgan fingerprint density at radius 1 is 1.00 bits per heavy atom. The van der Waals surface area contributed by atoms with Gasteiger partial charge in [-0.3, -0.25) is 0 Å². The third-order valence-corrected chi connectivity index (χ3v) is 5.12. The minimum Gasteiger partial charge on any atom is -0.423 e. The van der Waals surface area contributed by atoms with Gasteiger partial charge in [0.15, 0.2) is 0 Å². The van der Waals surface area contributed by atoms with E-state index in [1.807, 2.05) is 19.1 Å². The second kappa shape index (κ2) is 10.3. The van der Waals surface area contributed by atoms with Gasteiger partial charge >= 0.3 is 18.4 Å². The fourth-order valence-corrected chi connectivity index (χ4v) is 3.60. The molecule has 1 heterocycles. The number of benzene rings is 2. The highest BCUT2D eigenvalue weighted by atomic mass is 19.4. The summed E-state index contributed by atoms with van der Waals surface area (Å²) in [6.45, 7) is 2.31. The number of carbonyl (C=O) groups excluding carboxylic acids is 1. The van der Waals surface area contributed by atoms with Crippen LogP contribution < -0.4 is 4.74 Å². The molecule has 35 heavy (non-hydrogen) atoms. The van der Waals surface area contributed by atoms with Crippen LogP contribution in [0.1, 0.15) is 47.4 Å². The lowest BCUT2D eigenvalue weighted by Crippen LogP contribution is -2.29. The van der Waals surface area contributed by atoms with E-state index >= 15 is 0 Å². The monoisotopic (exact) mass is 510 g/mol. The summed E-state index contributed by atoms with van der Waals surface area (Å²) in [6, 6.07) is 3.59. The number of halogens is 8. The zero-order valence-corrected chi connectivity index (χ0v) is 18.0. The molecule has 0 N–H and O–H groups in total. The van der Waals surface area contributed by atoms with Crippen molar-refractivity contribution in [3.05, 3.63) is 76.6 Å². The Labute approximate surface area is 194 Å². The summed E-state index contributed by atoms with van der Waals surface area (Å²) >= 11 is 0. The van der Waals surface area contributed by atoms with Crippen molar-refractivity contribution in [2.24, 2.45) is 5.92 Å². The van der Waals surface area contributed by atoms with Crippen molar-refractivity contribution >= 4 is 5.97 Å². The SMILES string of the molecule is C/C=C/C1CCC(c2ccc(C(=O)Oc3cc(F)c(C(F)(F)OC(F)(F)F)c(F)c3)c(F)c2)OC1. The smallest absolute Gasteiger partial charge is 0.423 e. The van der Waals surface area contributed by atoms with Gasteiger partial charge in [-0.2, -0.15) is 8.78 Å². The second-order valence-corrected chi connectivity index (χ2v) is 7.64. The van der Waals surface area contributed by atoms with Crippen LogP contribution in [0.4, 0.5) is 35.1 Å². The molecular formula is C23H18F8O4. The summed E-state index contributed by atoms with van der Waals surface area (Å²) in [5, 5.41) is 0. The first-order valence-electron chi connectivity index (χ1n) is 10.2. The highest BCUT2D eigenvalue weighted by molar-refractivity contribution is 5.91. The van der Waals surface area contributed by atoms with Crippen LogP contribution in [-0.2, 0) is 15.6 Å². The van der Waals surface area contributed by atoms with Gasteiger partial charge in [0.05, 0.1) is 18.3 Å². The molecule has 3 rings (SSSR count). The third kappa shape index (κ3) is 6.57. The lowest BCUT2D eigenvalue weighted by molar-refractivity contribution is -0.432. The molecule has 1 aliphatic heterocycles. The number of alkyl halides is 5. The first-order valence-corrected chi connectivity index (χ1v) is 10.2. The van der Waals surface area contributed by atoms with Crippen molar-refractivity contribution in [1.29, 1.82) is 0 Å². The summed E-state index contributed by atoms with van der Waals surface area (Å²) in [5.74, 6) is -7.55. The minimum atomic E-state index is -5.89. The lowest BCUT2D eigenvalue weighted by atomic mass is 9.94. The van der Waals surface area contributed by atoms with Crippen molar-refractivity contribution in [3.63, 3.8) is 0 Å².